The number of anilines is 2. The monoisotopic (exact) mass is 510 g/mol. The SMILES string of the molecule is CC(C)c1ccc(NC(SCC(=O)N2CCc3ccccc32)=C(C#N)c2nc3ccccc3s2)cc1. The maximum atomic E-state index is 13.2. The van der Waals surface area contributed by atoms with E-state index in [0.29, 0.717) is 28.1 Å². The average molecular weight is 511 g/mol. The van der Waals surface area contributed by atoms with Crippen LogP contribution in [0.25, 0.3) is 15.8 Å². The standard InChI is InChI=1S/C29H26N4OS2/c1-19(2)20-11-13-22(14-12-20)31-28(23(17-30)29-32-24-8-4-6-10-26(24)36-29)35-18-27(34)33-16-15-21-7-3-5-9-25(21)33/h3-14,19,31H,15-16,18H2,1-2H3. The molecule has 1 N–H and O–H groups in total. The number of fused-ring (bicyclic) bond motifs is 2. The van der Waals surface area contributed by atoms with Crippen molar-refractivity contribution in [2.24, 2.45) is 0 Å². The molecule has 1 aliphatic heterocycles. The molecule has 1 aromatic heterocycles. The van der Waals surface area contributed by atoms with Crippen LogP contribution in [-0.4, -0.2) is 23.2 Å². The number of para-hydroxylation sites is 2. The summed E-state index contributed by atoms with van der Waals surface area (Å²) in [5.41, 5.74) is 5.60. The minimum atomic E-state index is 0.0287. The van der Waals surface area contributed by atoms with Gasteiger partial charge < -0.3 is 10.2 Å². The van der Waals surface area contributed by atoms with Crippen molar-refractivity contribution in [3.8, 4) is 6.07 Å². The van der Waals surface area contributed by atoms with Crippen LogP contribution in [0, 0.1) is 11.3 Å². The Hall–Kier alpha value is -3.60. The van der Waals surface area contributed by atoms with Crippen molar-refractivity contribution in [1.82, 2.24) is 4.98 Å². The highest BCUT2D eigenvalue weighted by Crippen LogP contribution is 2.34. The molecule has 1 amide bonds. The first-order valence-electron chi connectivity index (χ1n) is 11.9. The molecule has 0 fully saturated rings. The number of benzene rings is 3. The smallest absolute Gasteiger partial charge is 0.237 e. The molecule has 7 heteroatoms. The molecule has 0 radical (unpaired) electrons. The topological polar surface area (TPSA) is 69.0 Å². The van der Waals surface area contributed by atoms with Crippen LogP contribution >= 0.6 is 23.1 Å². The van der Waals surface area contributed by atoms with Crippen LogP contribution in [0.5, 0.6) is 0 Å². The van der Waals surface area contributed by atoms with E-state index in [1.165, 1.54) is 34.2 Å². The van der Waals surface area contributed by atoms with E-state index < -0.39 is 0 Å². The second kappa shape index (κ2) is 10.6. The van der Waals surface area contributed by atoms with Crippen LogP contribution in [0.4, 0.5) is 11.4 Å². The molecule has 0 saturated heterocycles. The minimum Gasteiger partial charge on any atom is -0.349 e. The van der Waals surface area contributed by atoms with Crippen LogP contribution in [-0.2, 0) is 11.2 Å². The van der Waals surface area contributed by atoms with Gasteiger partial charge in [0.15, 0.2) is 0 Å². The number of thioether (sulfide) groups is 1. The largest absolute Gasteiger partial charge is 0.349 e. The maximum Gasteiger partial charge on any atom is 0.237 e. The molecular formula is C29H26N4OS2. The zero-order valence-corrected chi connectivity index (χ0v) is 21.8. The van der Waals surface area contributed by atoms with E-state index in [2.05, 4.69) is 43.4 Å². The van der Waals surface area contributed by atoms with Gasteiger partial charge in [-0.3, -0.25) is 4.79 Å². The third-order valence-corrected chi connectivity index (χ3v) is 8.25. The molecule has 0 saturated carbocycles. The molecule has 5 rings (SSSR count). The van der Waals surface area contributed by atoms with E-state index in [1.54, 1.807) is 0 Å². The number of nitrogens with one attached hydrogen (secondary N) is 1. The first kappa shape index (κ1) is 24.1. The highest BCUT2D eigenvalue weighted by atomic mass is 32.2. The Bertz CT molecular complexity index is 1450. The molecule has 1 aliphatic rings. The molecule has 0 spiro atoms. The number of amides is 1. The molecular weight excluding hydrogens is 484 g/mol. The molecule has 0 bridgehead atoms. The molecule has 4 aromatic rings. The predicted molar refractivity (Wildman–Crippen MR) is 151 cm³/mol. The van der Waals surface area contributed by atoms with Crippen molar-refractivity contribution in [1.29, 1.82) is 5.26 Å². The zero-order valence-electron chi connectivity index (χ0n) is 20.2. The number of hydrogen-bond acceptors (Lipinski definition) is 6. The molecule has 3 aromatic carbocycles. The number of carbonyl (C=O) groups is 1. The van der Waals surface area contributed by atoms with Crippen molar-refractivity contribution in [2.75, 3.05) is 22.5 Å². The number of allylic oxidation sites excluding steroid dienone is 1. The van der Waals surface area contributed by atoms with Gasteiger partial charge in [0.1, 0.15) is 16.6 Å². The first-order valence-corrected chi connectivity index (χ1v) is 13.7. The normalized spacial score (nSPS) is 13.4. The lowest BCUT2D eigenvalue weighted by Gasteiger charge is -2.18. The number of rotatable bonds is 7. The Balaban J connectivity index is 1.45. The van der Waals surface area contributed by atoms with Crippen molar-refractivity contribution in [3.05, 3.63) is 94.0 Å². The zero-order chi connectivity index (χ0) is 25.1. The highest BCUT2D eigenvalue weighted by molar-refractivity contribution is 8.04. The molecule has 0 atom stereocenters. The molecule has 0 unspecified atom stereocenters. The fraction of sp³-hybridized carbons (Fsp3) is 0.207. The molecule has 5 nitrogen and oxygen atoms in total. The summed E-state index contributed by atoms with van der Waals surface area (Å²) < 4.78 is 1.02. The number of nitrogens with zero attached hydrogens (tertiary/aromatic N) is 3. The Labute approximate surface area is 219 Å². The van der Waals surface area contributed by atoms with E-state index in [4.69, 9.17) is 4.98 Å². The molecule has 0 aliphatic carbocycles. The Morgan fingerprint density at radius 3 is 2.61 bits per heavy atom. The van der Waals surface area contributed by atoms with Gasteiger partial charge in [-0.25, -0.2) is 4.98 Å². The summed E-state index contributed by atoms with van der Waals surface area (Å²) in [5.74, 6) is 0.680. The fourth-order valence-electron chi connectivity index (χ4n) is 4.24. The van der Waals surface area contributed by atoms with Crippen LogP contribution in [0.2, 0.25) is 0 Å². The Kier molecular flexibility index (Phi) is 7.08. The van der Waals surface area contributed by atoms with Gasteiger partial charge >= 0.3 is 0 Å². The number of carbonyl (C=O) groups excluding carboxylic acids is 1. The fourth-order valence-corrected chi connectivity index (χ4v) is 6.17. The Morgan fingerprint density at radius 1 is 1.11 bits per heavy atom. The summed E-state index contributed by atoms with van der Waals surface area (Å²) in [6.07, 6.45) is 0.866. The third kappa shape index (κ3) is 5.01. The maximum absolute atomic E-state index is 13.2. The van der Waals surface area contributed by atoms with Gasteiger partial charge in [-0.1, -0.05) is 68.1 Å². The molecule has 2 heterocycles. The van der Waals surface area contributed by atoms with Crippen molar-refractivity contribution in [3.63, 3.8) is 0 Å². The average Bonchev–Trinajstić information content (AvgIpc) is 3.52. The summed E-state index contributed by atoms with van der Waals surface area (Å²) in [5, 5.41) is 14.9. The second-order valence-electron chi connectivity index (χ2n) is 8.92. The van der Waals surface area contributed by atoms with Gasteiger partial charge in [0.2, 0.25) is 5.91 Å². The summed E-state index contributed by atoms with van der Waals surface area (Å²) in [4.78, 5) is 19.8. The van der Waals surface area contributed by atoms with Gasteiger partial charge in [0, 0.05) is 17.9 Å². The van der Waals surface area contributed by atoms with E-state index in [1.807, 2.05) is 59.5 Å². The van der Waals surface area contributed by atoms with Crippen molar-refractivity contribution < 1.29 is 4.79 Å². The van der Waals surface area contributed by atoms with Crippen LogP contribution < -0.4 is 10.2 Å². The number of hydrogen-bond donors (Lipinski definition) is 1. The van der Waals surface area contributed by atoms with E-state index >= 15 is 0 Å². The van der Waals surface area contributed by atoms with Crippen molar-refractivity contribution in [2.45, 2.75) is 26.2 Å². The first-order chi connectivity index (χ1) is 17.5. The second-order valence-corrected chi connectivity index (χ2v) is 10.9. The Morgan fingerprint density at radius 2 is 1.86 bits per heavy atom. The summed E-state index contributed by atoms with van der Waals surface area (Å²) in [6, 6.07) is 26.5. The van der Waals surface area contributed by atoms with Gasteiger partial charge in [-0.15, -0.1) is 11.3 Å². The number of nitriles is 1. The lowest BCUT2D eigenvalue weighted by molar-refractivity contribution is -0.116. The predicted octanol–water partition coefficient (Wildman–Crippen LogP) is 7.05. The number of aromatic nitrogens is 1. The van der Waals surface area contributed by atoms with Crippen LogP contribution in [0.3, 0.4) is 0 Å². The van der Waals surface area contributed by atoms with Crippen LogP contribution in [0.1, 0.15) is 35.9 Å². The minimum absolute atomic E-state index is 0.0287. The molecule has 36 heavy (non-hydrogen) atoms. The van der Waals surface area contributed by atoms with Gasteiger partial charge in [-0.05, 0) is 53.8 Å². The van der Waals surface area contributed by atoms with E-state index in [0.717, 1.165) is 28.0 Å². The van der Waals surface area contributed by atoms with Gasteiger partial charge in [0.25, 0.3) is 0 Å². The van der Waals surface area contributed by atoms with Crippen LogP contribution in [0.15, 0.2) is 77.8 Å². The quantitative estimate of drug-likeness (QED) is 0.270. The van der Waals surface area contributed by atoms with E-state index in [-0.39, 0.29) is 11.7 Å². The summed E-state index contributed by atoms with van der Waals surface area (Å²) in [7, 11) is 0. The number of thiazole rings is 1. The highest BCUT2D eigenvalue weighted by Gasteiger charge is 2.25. The molecule has 180 valence electrons. The van der Waals surface area contributed by atoms with E-state index in [9.17, 15) is 10.1 Å². The third-order valence-electron chi connectivity index (χ3n) is 6.21. The van der Waals surface area contributed by atoms with Gasteiger partial charge in [-0.2, -0.15) is 5.26 Å². The van der Waals surface area contributed by atoms with Crippen molar-refractivity contribution >= 4 is 56.2 Å². The lowest BCUT2D eigenvalue weighted by atomic mass is 10.0. The summed E-state index contributed by atoms with van der Waals surface area (Å²) >= 11 is 2.84. The van der Waals surface area contributed by atoms with Gasteiger partial charge in [0.05, 0.1) is 21.0 Å². The summed E-state index contributed by atoms with van der Waals surface area (Å²) in [6.45, 7) is 5.00. The lowest BCUT2D eigenvalue weighted by Crippen LogP contribution is -2.30.